The van der Waals surface area contributed by atoms with Crippen LogP contribution in [0.4, 0.5) is 4.79 Å². The largest absolute Gasteiger partial charge is 0.480 e. The first-order valence-corrected chi connectivity index (χ1v) is 6.87. The lowest BCUT2D eigenvalue weighted by atomic mass is 10.2. The minimum Gasteiger partial charge on any atom is -0.480 e. The van der Waals surface area contributed by atoms with Gasteiger partial charge in [-0.15, -0.1) is 0 Å². The van der Waals surface area contributed by atoms with Gasteiger partial charge in [0.2, 0.25) is 5.91 Å². The summed E-state index contributed by atoms with van der Waals surface area (Å²) >= 11 is 1.53. The third-order valence-electron chi connectivity index (χ3n) is 2.24. The molecule has 1 unspecified atom stereocenters. The van der Waals surface area contributed by atoms with Crippen molar-refractivity contribution in [1.29, 1.82) is 0 Å². The van der Waals surface area contributed by atoms with Crippen molar-refractivity contribution < 1.29 is 19.5 Å². The van der Waals surface area contributed by atoms with Gasteiger partial charge < -0.3 is 21.1 Å². The Morgan fingerprint density at radius 1 is 1.44 bits per heavy atom. The number of likely N-dealkylation sites (N-methyl/N-ethyl adjacent to an activating group) is 1. The van der Waals surface area contributed by atoms with Gasteiger partial charge in [0.15, 0.2) is 0 Å². The summed E-state index contributed by atoms with van der Waals surface area (Å²) in [7, 11) is 0. The number of aliphatic carboxylic acids is 1. The second kappa shape index (κ2) is 8.62. The Hall–Kier alpha value is -1.44. The first-order chi connectivity index (χ1) is 8.42. The summed E-state index contributed by atoms with van der Waals surface area (Å²) in [5.74, 6) is -0.845. The second-order valence-corrected chi connectivity index (χ2v) is 4.57. The van der Waals surface area contributed by atoms with E-state index < -0.39 is 23.9 Å². The van der Waals surface area contributed by atoms with Gasteiger partial charge in [-0.2, -0.15) is 11.8 Å². The Labute approximate surface area is 110 Å². The van der Waals surface area contributed by atoms with E-state index in [0.717, 1.165) is 0 Å². The Morgan fingerprint density at radius 2 is 2.06 bits per heavy atom. The molecule has 7 nitrogen and oxygen atoms in total. The Bertz CT molecular complexity index is 311. The molecule has 0 aliphatic rings. The average molecular weight is 277 g/mol. The van der Waals surface area contributed by atoms with Gasteiger partial charge in [0.1, 0.15) is 12.6 Å². The van der Waals surface area contributed by atoms with E-state index in [0.29, 0.717) is 12.2 Å². The standard InChI is InChI=1S/C10H19N3O4S/c1-3-13(6-8(14)15)9(16)7(4-5-18-2)12-10(11)17/h7H,3-6H2,1-2H3,(H,14,15)(H3,11,12,17). The smallest absolute Gasteiger partial charge is 0.323 e. The summed E-state index contributed by atoms with van der Waals surface area (Å²) < 4.78 is 0. The van der Waals surface area contributed by atoms with Gasteiger partial charge in [-0.1, -0.05) is 0 Å². The summed E-state index contributed by atoms with van der Waals surface area (Å²) in [4.78, 5) is 34.7. The molecule has 0 aromatic carbocycles. The molecule has 0 radical (unpaired) electrons. The summed E-state index contributed by atoms with van der Waals surface area (Å²) in [6.45, 7) is 1.56. The molecular formula is C10H19N3O4S. The van der Waals surface area contributed by atoms with Gasteiger partial charge in [0.05, 0.1) is 0 Å². The monoisotopic (exact) mass is 277 g/mol. The van der Waals surface area contributed by atoms with Crippen molar-refractivity contribution in [1.82, 2.24) is 10.2 Å². The minimum atomic E-state index is -1.09. The number of carbonyl (C=O) groups is 3. The zero-order valence-electron chi connectivity index (χ0n) is 10.5. The molecule has 0 bridgehead atoms. The van der Waals surface area contributed by atoms with E-state index in [2.05, 4.69) is 5.32 Å². The van der Waals surface area contributed by atoms with Crippen LogP contribution in [0.15, 0.2) is 0 Å². The van der Waals surface area contributed by atoms with E-state index in [9.17, 15) is 14.4 Å². The summed E-state index contributed by atoms with van der Waals surface area (Å²) in [5, 5.41) is 11.0. The minimum absolute atomic E-state index is 0.265. The number of thioether (sulfide) groups is 1. The van der Waals surface area contributed by atoms with E-state index in [1.54, 1.807) is 6.92 Å². The van der Waals surface area contributed by atoms with Crippen LogP contribution in [0.1, 0.15) is 13.3 Å². The molecule has 4 N–H and O–H groups in total. The molecule has 18 heavy (non-hydrogen) atoms. The topological polar surface area (TPSA) is 113 Å². The van der Waals surface area contributed by atoms with Gasteiger partial charge in [0.25, 0.3) is 0 Å². The number of carboxylic acids is 1. The lowest BCUT2D eigenvalue weighted by Gasteiger charge is -2.24. The number of nitrogens with zero attached hydrogens (tertiary/aromatic N) is 1. The third kappa shape index (κ3) is 6.33. The molecule has 0 rings (SSSR count). The normalized spacial score (nSPS) is 11.7. The molecule has 8 heteroatoms. The highest BCUT2D eigenvalue weighted by atomic mass is 32.2. The molecule has 104 valence electrons. The van der Waals surface area contributed by atoms with Gasteiger partial charge in [0, 0.05) is 6.54 Å². The van der Waals surface area contributed by atoms with E-state index in [1.165, 1.54) is 16.7 Å². The summed E-state index contributed by atoms with van der Waals surface area (Å²) in [6.07, 6.45) is 2.29. The molecule has 0 heterocycles. The number of hydrogen-bond acceptors (Lipinski definition) is 4. The molecule has 0 saturated heterocycles. The maximum absolute atomic E-state index is 12.0. The van der Waals surface area contributed by atoms with Crippen molar-refractivity contribution in [3.05, 3.63) is 0 Å². The van der Waals surface area contributed by atoms with Crippen LogP contribution in [0.25, 0.3) is 0 Å². The van der Waals surface area contributed by atoms with E-state index in [-0.39, 0.29) is 13.1 Å². The molecule has 0 aliphatic carbocycles. The number of nitrogens with one attached hydrogen (secondary N) is 1. The van der Waals surface area contributed by atoms with Crippen LogP contribution in [0, 0.1) is 0 Å². The molecule has 1 atom stereocenters. The second-order valence-electron chi connectivity index (χ2n) is 3.59. The van der Waals surface area contributed by atoms with Crippen LogP contribution in [0.2, 0.25) is 0 Å². The van der Waals surface area contributed by atoms with Gasteiger partial charge in [-0.05, 0) is 25.4 Å². The highest BCUT2D eigenvalue weighted by Crippen LogP contribution is 2.05. The zero-order valence-corrected chi connectivity index (χ0v) is 11.3. The molecule has 3 amide bonds. The third-order valence-corrected chi connectivity index (χ3v) is 2.89. The number of hydrogen-bond donors (Lipinski definition) is 3. The van der Waals surface area contributed by atoms with Crippen molar-refractivity contribution in [2.24, 2.45) is 5.73 Å². The summed E-state index contributed by atoms with van der Waals surface area (Å²) in [6, 6.07) is -1.56. The Morgan fingerprint density at radius 3 is 2.44 bits per heavy atom. The van der Waals surface area contributed by atoms with Crippen molar-refractivity contribution in [3.63, 3.8) is 0 Å². The van der Waals surface area contributed by atoms with Crippen LogP contribution in [0.3, 0.4) is 0 Å². The van der Waals surface area contributed by atoms with Gasteiger partial charge in [-0.3, -0.25) is 9.59 Å². The number of primary amides is 1. The number of carboxylic acid groups (broad SMARTS) is 1. The fourth-order valence-electron chi connectivity index (χ4n) is 1.39. The van der Waals surface area contributed by atoms with Crippen molar-refractivity contribution in [3.8, 4) is 0 Å². The SMILES string of the molecule is CCN(CC(=O)O)C(=O)C(CCSC)NC(N)=O. The maximum atomic E-state index is 12.0. The predicted octanol–water partition coefficient (Wildman–Crippen LogP) is -0.290. The zero-order chi connectivity index (χ0) is 14.1. The van der Waals surface area contributed by atoms with Crippen LogP contribution < -0.4 is 11.1 Å². The molecule has 0 aromatic heterocycles. The molecule has 0 spiro atoms. The molecule has 0 fully saturated rings. The number of amides is 3. The quantitative estimate of drug-likeness (QED) is 0.564. The Balaban J connectivity index is 4.67. The average Bonchev–Trinajstić information content (AvgIpc) is 2.29. The highest BCUT2D eigenvalue weighted by molar-refractivity contribution is 7.98. The molecule has 0 saturated carbocycles. The number of rotatable bonds is 8. The number of nitrogens with two attached hydrogens (primary N) is 1. The summed E-state index contributed by atoms with van der Waals surface area (Å²) in [5.41, 5.74) is 5.00. The first kappa shape index (κ1) is 16.6. The van der Waals surface area contributed by atoms with Crippen molar-refractivity contribution in [2.45, 2.75) is 19.4 Å². The molecule has 0 aromatic rings. The molecular weight excluding hydrogens is 258 g/mol. The maximum Gasteiger partial charge on any atom is 0.323 e. The molecule has 0 aliphatic heterocycles. The van der Waals surface area contributed by atoms with Crippen LogP contribution in [-0.4, -0.2) is 59.1 Å². The number of carbonyl (C=O) groups excluding carboxylic acids is 2. The van der Waals surface area contributed by atoms with Crippen molar-refractivity contribution in [2.75, 3.05) is 25.1 Å². The lowest BCUT2D eigenvalue weighted by Crippen LogP contribution is -2.51. The number of urea groups is 1. The van der Waals surface area contributed by atoms with Crippen molar-refractivity contribution >= 4 is 29.7 Å². The fourth-order valence-corrected chi connectivity index (χ4v) is 1.87. The van der Waals surface area contributed by atoms with Gasteiger partial charge >= 0.3 is 12.0 Å². The van der Waals surface area contributed by atoms with E-state index in [1.807, 2.05) is 6.26 Å². The fraction of sp³-hybridized carbons (Fsp3) is 0.700. The van der Waals surface area contributed by atoms with Crippen LogP contribution in [0.5, 0.6) is 0 Å². The Kier molecular flexibility index (Phi) is 7.93. The first-order valence-electron chi connectivity index (χ1n) is 5.47. The van der Waals surface area contributed by atoms with Crippen LogP contribution >= 0.6 is 11.8 Å². The van der Waals surface area contributed by atoms with E-state index in [4.69, 9.17) is 10.8 Å². The predicted molar refractivity (Wildman–Crippen MR) is 69.4 cm³/mol. The van der Waals surface area contributed by atoms with E-state index >= 15 is 0 Å². The van der Waals surface area contributed by atoms with Gasteiger partial charge in [-0.25, -0.2) is 4.79 Å². The lowest BCUT2D eigenvalue weighted by molar-refractivity contribution is -0.145. The van der Waals surface area contributed by atoms with Crippen LogP contribution in [-0.2, 0) is 9.59 Å². The highest BCUT2D eigenvalue weighted by Gasteiger charge is 2.25.